The second-order valence-electron chi connectivity index (χ2n) is 9.34. The summed E-state index contributed by atoms with van der Waals surface area (Å²) in [6.07, 6.45) is 2.08. The summed E-state index contributed by atoms with van der Waals surface area (Å²) in [4.78, 5) is 31.6. The van der Waals surface area contributed by atoms with Gasteiger partial charge in [-0.15, -0.1) is 0 Å². The van der Waals surface area contributed by atoms with Gasteiger partial charge in [-0.2, -0.15) is 5.10 Å². The van der Waals surface area contributed by atoms with Gasteiger partial charge in [-0.1, -0.05) is 11.6 Å². The molecule has 2 aliphatic heterocycles. The van der Waals surface area contributed by atoms with E-state index in [2.05, 4.69) is 15.4 Å². The maximum absolute atomic E-state index is 13.3. The minimum Gasteiger partial charge on any atom is -0.481 e. The normalized spacial score (nSPS) is 19.3. The Balaban J connectivity index is 1.55. The summed E-state index contributed by atoms with van der Waals surface area (Å²) < 4.78 is 18.1. The Bertz CT molecular complexity index is 1050. The van der Waals surface area contributed by atoms with Gasteiger partial charge in [-0.05, 0) is 39.7 Å². The number of pyridine rings is 1. The molecule has 4 rings (SSSR count). The quantitative estimate of drug-likeness (QED) is 0.636. The van der Waals surface area contributed by atoms with Crippen molar-refractivity contribution in [2.45, 2.75) is 45.6 Å². The summed E-state index contributed by atoms with van der Waals surface area (Å²) in [5.41, 5.74) is 0.980. The van der Waals surface area contributed by atoms with Crippen LogP contribution in [0.3, 0.4) is 0 Å². The topological polar surface area (TPSA) is 108 Å². The van der Waals surface area contributed by atoms with Gasteiger partial charge in [0.25, 0.3) is 5.91 Å². The Morgan fingerprint density at radius 3 is 2.59 bits per heavy atom. The van der Waals surface area contributed by atoms with E-state index in [4.69, 9.17) is 25.8 Å². The minimum atomic E-state index is -0.527. The van der Waals surface area contributed by atoms with E-state index < -0.39 is 12.0 Å². The molecule has 2 aliphatic rings. The molecule has 0 aromatic carbocycles. The van der Waals surface area contributed by atoms with Crippen LogP contribution in [0.4, 0.5) is 0 Å². The molecule has 10 nitrogen and oxygen atoms in total. The summed E-state index contributed by atoms with van der Waals surface area (Å²) in [5, 5.41) is 8.18. The number of amides is 1. The highest BCUT2D eigenvalue weighted by Crippen LogP contribution is 2.33. The molecule has 2 fully saturated rings. The Labute approximate surface area is 203 Å². The van der Waals surface area contributed by atoms with Crippen LogP contribution in [0, 0.1) is 5.92 Å². The van der Waals surface area contributed by atoms with E-state index in [1.165, 1.54) is 13.3 Å². The number of aromatic nitrogens is 3. The van der Waals surface area contributed by atoms with Crippen LogP contribution in [0.2, 0.25) is 5.02 Å². The standard InChI is InChI=1S/C23H30ClN5O5/c1-23(2,3)34-21(31)14-5-8-28(9-6-14)20(30)17-12-18(29(27-17)22-25-7-10-33-22)15-11-19(32-4)26-13-16(15)24/h11-14,22,25H,5-10H2,1-4H3. The number of carbonyl (C=O) groups excluding carboxylic acids is 2. The lowest BCUT2D eigenvalue weighted by molar-refractivity contribution is -0.161. The number of hydrogen-bond donors (Lipinski definition) is 1. The number of piperidine rings is 1. The van der Waals surface area contributed by atoms with Crippen LogP contribution in [0.5, 0.6) is 5.88 Å². The van der Waals surface area contributed by atoms with Gasteiger partial charge < -0.3 is 19.1 Å². The number of rotatable bonds is 5. The van der Waals surface area contributed by atoms with Gasteiger partial charge in [-0.3, -0.25) is 14.9 Å². The fourth-order valence-electron chi connectivity index (χ4n) is 4.04. The predicted molar refractivity (Wildman–Crippen MR) is 124 cm³/mol. The van der Waals surface area contributed by atoms with Crippen molar-refractivity contribution >= 4 is 23.5 Å². The first-order valence-corrected chi connectivity index (χ1v) is 11.7. The number of halogens is 1. The fourth-order valence-corrected chi connectivity index (χ4v) is 4.24. The third kappa shape index (κ3) is 5.34. The predicted octanol–water partition coefficient (Wildman–Crippen LogP) is 2.88. The summed E-state index contributed by atoms with van der Waals surface area (Å²) in [6.45, 7) is 7.65. The lowest BCUT2D eigenvalue weighted by Crippen LogP contribution is -2.42. The van der Waals surface area contributed by atoms with Crippen LogP contribution in [-0.4, -0.2) is 70.5 Å². The van der Waals surface area contributed by atoms with E-state index in [0.29, 0.717) is 61.2 Å². The highest BCUT2D eigenvalue weighted by atomic mass is 35.5. The van der Waals surface area contributed by atoms with Gasteiger partial charge in [-0.25, -0.2) is 9.67 Å². The Morgan fingerprint density at radius 2 is 1.97 bits per heavy atom. The molecule has 1 N–H and O–H groups in total. The molecule has 0 radical (unpaired) electrons. The fraction of sp³-hybridized carbons (Fsp3) is 0.565. The minimum absolute atomic E-state index is 0.210. The molecule has 1 atom stereocenters. The van der Waals surface area contributed by atoms with Crippen LogP contribution in [-0.2, 0) is 14.3 Å². The van der Waals surface area contributed by atoms with Gasteiger partial charge in [0.1, 0.15) is 5.60 Å². The second kappa shape index (κ2) is 9.89. The van der Waals surface area contributed by atoms with Crippen molar-refractivity contribution < 1.29 is 23.8 Å². The number of esters is 1. The number of carbonyl (C=O) groups is 2. The number of likely N-dealkylation sites (tertiary alicyclic amines) is 1. The Kier molecular flexibility index (Phi) is 7.11. The van der Waals surface area contributed by atoms with Crippen molar-refractivity contribution in [3.63, 3.8) is 0 Å². The lowest BCUT2D eigenvalue weighted by Gasteiger charge is -2.32. The zero-order chi connectivity index (χ0) is 24.5. The van der Waals surface area contributed by atoms with Crippen LogP contribution in [0.15, 0.2) is 18.3 Å². The molecule has 2 aromatic rings. The first-order chi connectivity index (χ1) is 16.2. The van der Waals surface area contributed by atoms with Gasteiger partial charge in [0.15, 0.2) is 5.69 Å². The third-order valence-electron chi connectivity index (χ3n) is 5.71. The van der Waals surface area contributed by atoms with Crippen LogP contribution >= 0.6 is 11.6 Å². The van der Waals surface area contributed by atoms with Crippen molar-refractivity contribution in [1.82, 2.24) is 25.0 Å². The number of methoxy groups -OCH3 is 1. The monoisotopic (exact) mass is 491 g/mol. The number of nitrogens with one attached hydrogen (secondary N) is 1. The summed E-state index contributed by atoms with van der Waals surface area (Å²) >= 11 is 6.44. The van der Waals surface area contributed by atoms with E-state index in [1.807, 2.05) is 20.8 Å². The Morgan fingerprint density at radius 1 is 1.24 bits per heavy atom. The molecule has 0 spiro atoms. The van der Waals surface area contributed by atoms with Gasteiger partial charge in [0, 0.05) is 31.3 Å². The first kappa shape index (κ1) is 24.4. The molecule has 11 heteroatoms. The molecule has 2 aromatic heterocycles. The summed E-state index contributed by atoms with van der Waals surface area (Å²) in [6, 6.07) is 3.40. The zero-order valence-electron chi connectivity index (χ0n) is 19.8. The molecule has 0 saturated carbocycles. The summed E-state index contributed by atoms with van der Waals surface area (Å²) in [7, 11) is 1.52. The van der Waals surface area contributed by atoms with Crippen LogP contribution in [0.25, 0.3) is 11.3 Å². The summed E-state index contributed by atoms with van der Waals surface area (Å²) in [5.74, 6) is -0.241. The highest BCUT2D eigenvalue weighted by Gasteiger charge is 2.33. The molecule has 0 bridgehead atoms. The molecular formula is C23H30ClN5O5. The number of ether oxygens (including phenoxy) is 3. The maximum Gasteiger partial charge on any atom is 0.309 e. The highest BCUT2D eigenvalue weighted by molar-refractivity contribution is 6.33. The van der Waals surface area contributed by atoms with Crippen LogP contribution < -0.4 is 10.1 Å². The molecule has 0 aliphatic carbocycles. The molecule has 184 valence electrons. The van der Waals surface area contributed by atoms with Gasteiger partial charge in [0.05, 0.1) is 36.5 Å². The Hall–Kier alpha value is -2.69. The van der Waals surface area contributed by atoms with Crippen molar-refractivity contribution in [3.8, 4) is 17.1 Å². The lowest BCUT2D eigenvalue weighted by atomic mass is 9.96. The molecule has 2 saturated heterocycles. The maximum atomic E-state index is 13.3. The van der Waals surface area contributed by atoms with E-state index in [1.54, 1.807) is 21.7 Å². The second-order valence-corrected chi connectivity index (χ2v) is 9.75. The molecule has 4 heterocycles. The SMILES string of the molecule is COc1cc(-c2cc(C(=O)N3CCC(C(=O)OC(C)(C)C)CC3)nn2C2NCCO2)c(Cl)cn1. The van der Waals surface area contributed by atoms with E-state index in [9.17, 15) is 9.59 Å². The molecular weight excluding hydrogens is 462 g/mol. The smallest absolute Gasteiger partial charge is 0.309 e. The zero-order valence-corrected chi connectivity index (χ0v) is 20.6. The van der Waals surface area contributed by atoms with Crippen molar-refractivity contribution in [2.24, 2.45) is 5.92 Å². The first-order valence-electron chi connectivity index (χ1n) is 11.3. The van der Waals surface area contributed by atoms with E-state index in [0.717, 1.165) is 0 Å². The molecule has 34 heavy (non-hydrogen) atoms. The average molecular weight is 492 g/mol. The molecule has 1 unspecified atom stereocenters. The van der Waals surface area contributed by atoms with Crippen molar-refractivity contribution in [1.29, 1.82) is 0 Å². The van der Waals surface area contributed by atoms with Crippen molar-refractivity contribution in [2.75, 3.05) is 33.4 Å². The largest absolute Gasteiger partial charge is 0.481 e. The third-order valence-corrected chi connectivity index (χ3v) is 6.01. The van der Waals surface area contributed by atoms with E-state index >= 15 is 0 Å². The number of hydrogen-bond acceptors (Lipinski definition) is 8. The van der Waals surface area contributed by atoms with E-state index in [-0.39, 0.29) is 23.5 Å². The van der Waals surface area contributed by atoms with Gasteiger partial charge in [0.2, 0.25) is 12.2 Å². The molecule has 1 amide bonds. The number of nitrogens with zero attached hydrogens (tertiary/aromatic N) is 4. The van der Waals surface area contributed by atoms with Crippen LogP contribution in [0.1, 0.15) is 50.5 Å². The average Bonchev–Trinajstić information content (AvgIpc) is 3.48. The van der Waals surface area contributed by atoms with Gasteiger partial charge >= 0.3 is 5.97 Å². The van der Waals surface area contributed by atoms with Crippen molar-refractivity contribution in [3.05, 3.63) is 29.0 Å².